The number of pyridine rings is 1. The molecular weight excluding hydrogens is 374 g/mol. The Morgan fingerprint density at radius 3 is 3.00 bits per heavy atom. The molecule has 0 radical (unpaired) electrons. The number of amides is 2. The zero-order valence-corrected chi connectivity index (χ0v) is 16.0. The van der Waals surface area contributed by atoms with Gasteiger partial charge in [0.25, 0.3) is 0 Å². The van der Waals surface area contributed by atoms with E-state index in [1.165, 1.54) is 18.4 Å². The highest BCUT2D eigenvalue weighted by Gasteiger charge is 2.27. The molecule has 1 atom stereocenters. The Bertz CT molecular complexity index is 854. The summed E-state index contributed by atoms with van der Waals surface area (Å²) < 4.78 is 25.8. The van der Waals surface area contributed by atoms with Crippen LogP contribution in [0.15, 0.2) is 29.8 Å². The molecule has 3 rings (SSSR count). The lowest BCUT2D eigenvalue weighted by Gasteiger charge is -2.32. The van der Waals surface area contributed by atoms with Gasteiger partial charge in [-0.05, 0) is 37.9 Å². The predicted octanol–water partition coefficient (Wildman–Crippen LogP) is 2.00. The number of rotatable bonds is 5. The molecule has 8 nitrogen and oxygen atoms in total. The molecule has 1 unspecified atom stereocenters. The van der Waals surface area contributed by atoms with E-state index in [1.54, 1.807) is 16.5 Å². The Balaban J connectivity index is 1.60. The number of carbonyl (C=O) groups excluding carboxylic acids is 1. The fourth-order valence-corrected chi connectivity index (χ4v) is 4.69. The minimum absolute atomic E-state index is 0.0355. The quantitative estimate of drug-likeness (QED) is 0.806. The normalized spacial score (nSPS) is 17.9. The van der Waals surface area contributed by atoms with Crippen molar-refractivity contribution >= 4 is 33.2 Å². The highest BCUT2D eigenvalue weighted by atomic mass is 32.2. The van der Waals surface area contributed by atoms with Crippen LogP contribution in [0.4, 0.5) is 10.6 Å². The number of nitrogens with zero attached hydrogens (tertiary/aromatic N) is 3. The van der Waals surface area contributed by atoms with Crippen molar-refractivity contribution in [3.63, 3.8) is 0 Å². The van der Waals surface area contributed by atoms with E-state index in [4.69, 9.17) is 0 Å². The van der Waals surface area contributed by atoms with Crippen molar-refractivity contribution < 1.29 is 13.2 Å². The van der Waals surface area contributed by atoms with E-state index in [2.05, 4.69) is 20.0 Å². The summed E-state index contributed by atoms with van der Waals surface area (Å²) >= 11 is 1.41. The molecule has 2 amide bonds. The average Bonchev–Trinajstić information content (AvgIpc) is 3.11. The highest BCUT2D eigenvalue weighted by Crippen LogP contribution is 2.25. The van der Waals surface area contributed by atoms with E-state index in [-0.39, 0.29) is 17.7 Å². The van der Waals surface area contributed by atoms with Crippen LogP contribution >= 0.6 is 11.3 Å². The van der Waals surface area contributed by atoms with Gasteiger partial charge in [0.1, 0.15) is 10.8 Å². The number of likely N-dealkylation sites (tertiary alicyclic amines) is 1. The Kier molecular flexibility index (Phi) is 5.84. The summed E-state index contributed by atoms with van der Waals surface area (Å²) in [7, 11) is -1.87. The topological polar surface area (TPSA) is 104 Å². The molecule has 140 valence electrons. The van der Waals surface area contributed by atoms with Crippen LogP contribution in [0.2, 0.25) is 0 Å². The summed E-state index contributed by atoms with van der Waals surface area (Å²) in [6.45, 7) is 1.03. The number of hydrogen-bond donors (Lipinski definition) is 2. The maximum atomic E-state index is 12.5. The highest BCUT2D eigenvalue weighted by molar-refractivity contribution is 7.89. The maximum Gasteiger partial charge on any atom is 0.323 e. The van der Waals surface area contributed by atoms with Gasteiger partial charge in [-0.1, -0.05) is 6.07 Å². The van der Waals surface area contributed by atoms with Crippen molar-refractivity contribution in [1.82, 2.24) is 19.6 Å². The molecule has 0 saturated carbocycles. The Morgan fingerprint density at radius 1 is 1.42 bits per heavy atom. The second kappa shape index (κ2) is 8.11. The Hall–Kier alpha value is -2.04. The first-order valence-electron chi connectivity index (χ1n) is 8.31. The number of urea groups is 1. The van der Waals surface area contributed by atoms with Gasteiger partial charge < -0.3 is 4.90 Å². The van der Waals surface area contributed by atoms with Crippen molar-refractivity contribution in [2.24, 2.45) is 5.92 Å². The van der Waals surface area contributed by atoms with Crippen molar-refractivity contribution in [2.45, 2.75) is 12.8 Å². The average molecular weight is 396 g/mol. The molecule has 2 aromatic rings. The molecule has 0 aromatic carbocycles. The SMILES string of the molecule is CNS(=O)(=O)CC1CCCN(C(=O)Nc2csc(-c3ccccn3)n2)C1. The summed E-state index contributed by atoms with van der Waals surface area (Å²) in [6.07, 6.45) is 3.28. The van der Waals surface area contributed by atoms with Gasteiger partial charge in [-0.25, -0.2) is 22.9 Å². The van der Waals surface area contributed by atoms with Gasteiger partial charge in [0.05, 0.1) is 11.4 Å². The lowest BCUT2D eigenvalue weighted by atomic mass is 10.0. The number of hydrogen-bond acceptors (Lipinski definition) is 6. The molecule has 2 aromatic heterocycles. The number of aromatic nitrogens is 2. The predicted molar refractivity (Wildman–Crippen MR) is 102 cm³/mol. The van der Waals surface area contributed by atoms with Crippen LogP contribution in [-0.2, 0) is 10.0 Å². The zero-order valence-electron chi connectivity index (χ0n) is 14.4. The van der Waals surface area contributed by atoms with E-state index in [9.17, 15) is 13.2 Å². The minimum Gasteiger partial charge on any atom is -0.324 e. The molecule has 0 bridgehead atoms. The second-order valence-electron chi connectivity index (χ2n) is 6.12. The van der Waals surface area contributed by atoms with Gasteiger partial charge in [-0.3, -0.25) is 10.3 Å². The van der Waals surface area contributed by atoms with Crippen LogP contribution in [0, 0.1) is 5.92 Å². The molecule has 3 heterocycles. The van der Waals surface area contributed by atoms with Crippen molar-refractivity contribution in [3.05, 3.63) is 29.8 Å². The largest absolute Gasteiger partial charge is 0.324 e. The van der Waals surface area contributed by atoms with Crippen molar-refractivity contribution in [3.8, 4) is 10.7 Å². The first-order valence-corrected chi connectivity index (χ1v) is 10.8. The van der Waals surface area contributed by atoms with E-state index in [1.807, 2.05) is 18.2 Å². The Morgan fingerprint density at radius 2 is 2.27 bits per heavy atom. The second-order valence-corrected chi connectivity index (χ2v) is 8.95. The number of anilines is 1. The van der Waals surface area contributed by atoms with Gasteiger partial charge in [-0.15, -0.1) is 11.3 Å². The number of thiazole rings is 1. The summed E-state index contributed by atoms with van der Waals surface area (Å²) in [5, 5.41) is 5.30. The van der Waals surface area contributed by atoms with Gasteiger partial charge in [-0.2, -0.15) is 0 Å². The van der Waals surface area contributed by atoms with Gasteiger partial charge in [0.2, 0.25) is 10.0 Å². The van der Waals surface area contributed by atoms with E-state index >= 15 is 0 Å². The molecule has 1 fully saturated rings. The molecule has 26 heavy (non-hydrogen) atoms. The third-order valence-corrected chi connectivity index (χ3v) is 6.59. The summed E-state index contributed by atoms with van der Waals surface area (Å²) in [5.41, 5.74) is 0.758. The molecule has 1 aliphatic heterocycles. The van der Waals surface area contributed by atoms with Crippen molar-refractivity contribution in [1.29, 1.82) is 0 Å². The molecule has 0 spiro atoms. The van der Waals surface area contributed by atoms with Crippen LogP contribution in [0.25, 0.3) is 10.7 Å². The van der Waals surface area contributed by atoms with Crippen molar-refractivity contribution in [2.75, 3.05) is 31.2 Å². The summed E-state index contributed by atoms with van der Waals surface area (Å²) in [5.74, 6) is 0.449. The third-order valence-electron chi connectivity index (χ3n) is 4.20. The van der Waals surface area contributed by atoms with Crippen LogP contribution < -0.4 is 10.0 Å². The number of carbonyl (C=O) groups is 1. The maximum absolute atomic E-state index is 12.5. The van der Waals surface area contributed by atoms with Crippen LogP contribution in [0.3, 0.4) is 0 Å². The molecule has 0 aliphatic carbocycles. The first-order chi connectivity index (χ1) is 12.5. The van der Waals surface area contributed by atoms with Crippen LogP contribution in [-0.4, -0.2) is 55.2 Å². The van der Waals surface area contributed by atoms with Gasteiger partial charge in [0.15, 0.2) is 0 Å². The van der Waals surface area contributed by atoms with E-state index < -0.39 is 10.0 Å². The van der Waals surface area contributed by atoms with Gasteiger partial charge >= 0.3 is 6.03 Å². The van der Waals surface area contributed by atoms with Crippen LogP contribution in [0.1, 0.15) is 12.8 Å². The fraction of sp³-hybridized carbons (Fsp3) is 0.438. The number of piperidine rings is 1. The lowest BCUT2D eigenvalue weighted by molar-refractivity contribution is 0.182. The van der Waals surface area contributed by atoms with E-state index in [0.29, 0.717) is 18.9 Å². The standard InChI is InChI=1S/C16H21N5O3S2/c1-17-26(23,24)11-12-5-4-8-21(9-12)16(22)20-14-10-25-15(19-14)13-6-2-3-7-18-13/h2-3,6-7,10,12,17H,4-5,8-9,11H2,1H3,(H,20,22). The molecule has 10 heteroatoms. The van der Waals surface area contributed by atoms with Gasteiger partial charge in [0, 0.05) is 24.7 Å². The zero-order chi connectivity index (χ0) is 18.6. The first kappa shape index (κ1) is 18.7. The lowest BCUT2D eigenvalue weighted by Crippen LogP contribution is -2.44. The fourth-order valence-electron chi connectivity index (χ4n) is 2.91. The third kappa shape index (κ3) is 4.77. The summed E-state index contributed by atoms with van der Waals surface area (Å²) in [6, 6.07) is 5.33. The minimum atomic E-state index is -3.28. The van der Waals surface area contributed by atoms with E-state index in [0.717, 1.165) is 23.5 Å². The monoisotopic (exact) mass is 395 g/mol. The molecule has 1 aliphatic rings. The Labute approximate surface area is 156 Å². The summed E-state index contributed by atoms with van der Waals surface area (Å²) in [4.78, 5) is 22.8. The number of sulfonamides is 1. The van der Waals surface area contributed by atoms with Crippen LogP contribution in [0.5, 0.6) is 0 Å². The molecule has 2 N–H and O–H groups in total. The smallest absolute Gasteiger partial charge is 0.323 e. The number of nitrogens with one attached hydrogen (secondary N) is 2. The molecular formula is C16H21N5O3S2. The molecule has 1 saturated heterocycles.